The zero-order valence-corrected chi connectivity index (χ0v) is 13.2. The van der Waals surface area contributed by atoms with Gasteiger partial charge in [0.05, 0.1) is 31.0 Å². The molecule has 3 heterocycles. The van der Waals surface area contributed by atoms with Gasteiger partial charge in [0.25, 0.3) is 0 Å². The number of dihydropyridines is 1. The lowest BCUT2D eigenvalue weighted by molar-refractivity contribution is 0.0193. The summed E-state index contributed by atoms with van der Waals surface area (Å²) >= 11 is 0. The third kappa shape index (κ3) is 2.75. The van der Waals surface area contributed by atoms with Crippen LogP contribution in [0.3, 0.4) is 0 Å². The summed E-state index contributed by atoms with van der Waals surface area (Å²) in [5.74, 6) is -0.425. The molecule has 7 heteroatoms. The van der Waals surface area contributed by atoms with Crippen molar-refractivity contribution in [2.75, 3.05) is 26.3 Å². The van der Waals surface area contributed by atoms with Crippen LogP contribution in [0.15, 0.2) is 23.2 Å². The molecule has 1 atom stereocenters. The highest BCUT2D eigenvalue weighted by Gasteiger charge is 2.24. The summed E-state index contributed by atoms with van der Waals surface area (Å²) in [6.45, 7) is 2.88. The van der Waals surface area contributed by atoms with E-state index in [1.165, 1.54) is 6.07 Å². The summed E-state index contributed by atoms with van der Waals surface area (Å²) in [5, 5.41) is 17.4. The fourth-order valence-corrected chi connectivity index (χ4v) is 3.27. The fraction of sp³-hybridized carbons (Fsp3) is 0.412. The van der Waals surface area contributed by atoms with Crippen molar-refractivity contribution in [3.63, 3.8) is 0 Å². The molecule has 1 aromatic carbocycles. The number of fused-ring (bicyclic) bond motifs is 1. The minimum atomic E-state index is -0.425. The number of rotatable bonds is 3. The van der Waals surface area contributed by atoms with Gasteiger partial charge in [-0.05, 0) is 23.8 Å². The first-order valence-corrected chi connectivity index (χ1v) is 8.08. The number of morpholine rings is 1. The molecule has 0 amide bonds. The Hall–Kier alpha value is -2.09. The van der Waals surface area contributed by atoms with Gasteiger partial charge in [0.2, 0.25) is 0 Å². The minimum Gasteiger partial charge on any atom is -0.392 e. The van der Waals surface area contributed by atoms with Crippen molar-refractivity contribution in [2.45, 2.75) is 19.2 Å². The Morgan fingerprint density at radius 3 is 2.96 bits per heavy atom. The van der Waals surface area contributed by atoms with Crippen molar-refractivity contribution in [1.29, 1.82) is 0 Å². The summed E-state index contributed by atoms with van der Waals surface area (Å²) in [6.07, 6.45) is 4.60. The van der Waals surface area contributed by atoms with Crippen LogP contribution in [0, 0.1) is 5.82 Å². The molecule has 1 saturated heterocycles. The highest BCUT2D eigenvalue weighted by molar-refractivity contribution is 5.95. The maximum absolute atomic E-state index is 13.8. The van der Waals surface area contributed by atoms with Crippen LogP contribution < -0.4 is 0 Å². The second-order valence-corrected chi connectivity index (χ2v) is 6.04. The number of benzene rings is 1. The van der Waals surface area contributed by atoms with Gasteiger partial charge in [0.15, 0.2) is 0 Å². The number of hydrogen-bond donors (Lipinski definition) is 2. The molecule has 2 aliphatic heterocycles. The van der Waals surface area contributed by atoms with Crippen LogP contribution in [0.2, 0.25) is 0 Å². The highest BCUT2D eigenvalue weighted by atomic mass is 19.1. The van der Waals surface area contributed by atoms with E-state index in [4.69, 9.17) is 4.74 Å². The van der Waals surface area contributed by atoms with Crippen LogP contribution in [0.1, 0.15) is 17.7 Å². The number of ether oxygens (including phenoxy) is 1. The number of hydrogen-bond acceptors (Lipinski definition) is 5. The number of aliphatic imine (C=N–C) groups is 1. The van der Waals surface area contributed by atoms with E-state index in [1.54, 1.807) is 6.07 Å². The maximum Gasteiger partial charge on any atom is 0.130 e. The third-order valence-electron chi connectivity index (χ3n) is 4.61. The van der Waals surface area contributed by atoms with Crippen LogP contribution in [-0.2, 0) is 11.3 Å². The van der Waals surface area contributed by atoms with Gasteiger partial charge in [-0.1, -0.05) is 0 Å². The summed E-state index contributed by atoms with van der Waals surface area (Å²) in [7, 11) is 0. The largest absolute Gasteiger partial charge is 0.392 e. The zero-order valence-electron chi connectivity index (χ0n) is 13.2. The quantitative estimate of drug-likeness (QED) is 0.898. The molecule has 0 bridgehead atoms. The summed E-state index contributed by atoms with van der Waals surface area (Å²) in [6, 6.07) is 3.05. The number of allylic oxidation sites excluding steroid dienone is 1. The van der Waals surface area contributed by atoms with Crippen molar-refractivity contribution in [1.82, 2.24) is 15.1 Å². The zero-order chi connectivity index (χ0) is 16.5. The molecule has 1 aromatic heterocycles. The molecule has 2 aliphatic rings. The van der Waals surface area contributed by atoms with Crippen molar-refractivity contribution in [2.24, 2.45) is 4.99 Å². The Morgan fingerprint density at radius 2 is 2.17 bits per heavy atom. The molecule has 0 saturated carbocycles. The Balaban J connectivity index is 1.65. The maximum atomic E-state index is 13.8. The van der Waals surface area contributed by atoms with Gasteiger partial charge in [0, 0.05) is 36.7 Å². The Morgan fingerprint density at radius 1 is 1.33 bits per heavy atom. The molecule has 24 heavy (non-hydrogen) atoms. The average Bonchev–Trinajstić information content (AvgIpc) is 3.04. The number of aromatic nitrogens is 2. The lowest BCUT2D eigenvalue weighted by atomic mass is 10.00. The van der Waals surface area contributed by atoms with Gasteiger partial charge in [-0.25, -0.2) is 4.39 Å². The van der Waals surface area contributed by atoms with E-state index in [-0.39, 0.29) is 18.3 Å². The molecular formula is C17H19FN4O2. The van der Waals surface area contributed by atoms with E-state index in [1.807, 2.05) is 12.3 Å². The average molecular weight is 330 g/mol. The fourth-order valence-electron chi connectivity index (χ4n) is 3.27. The van der Waals surface area contributed by atoms with Gasteiger partial charge in [-0.3, -0.25) is 15.0 Å². The normalized spacial score (nSPS) is 22.1. The second kappa shape index (κ2) is 6.43. The molecule has 1 fully saturated rings. The Labute approximate surface area is 138 Å². The second-order valence-electron chi connectivity index (χ2n) is 6.04. The van der Waals surface area contributed by atoms with Crippen LogP contribution in [0.25, 0.3) is 16.5 Å². The number of halogens is 1. The predicted octanol–water partition coefficient (Wildman–Crippen LogP) is 1.71. The van der Waals surface area contributed by atoms with Crippen LogP contribution in [-0.4, -0.2) is 58.9 Å². The van der Waals surface area contributed by atoms with Gasteiger partial charge < -0.3 is 9.84 Å². The van der Waals surface area contributed by atoms with Crippen LogP contribution >= 0.6 is 0 Å². The number of aliphatic hydroxyl groups excluding tert-OH is 1. The summed E-state index contributed by atoms with van der Waals surface area (Å²) in [4.78, 5) is 6.88. The number of H-pyrrole nitrogens is 1. The first-order valence-electron chi connectivity index (χ1n) is 8.08. The van der Waals surface area contributed by atoms with E-state index < -0.39 is 5.82 Å². The van der Waals surface area contributed by atoms with Crippen molar-refractivity contribution >= 4 is 22.7 Å². The Kier molecular flexibility index (Phi) is 4.13. The van der Waals surface area contributed by atoms with E-state index in [2.05, 4.69) is 20.1 Å². The minimum absolute atomic E-state index is 0.0819. The smallest absolute Gasteiger partial charge is 0.130 e. The number of aromatic amines is 1. The Bertz CT molecular complexity index is 808. The molecule has 2 aromatic rings. The summed E-state index contributed by atoms with van der Waals surface area (Å²) in [5.41, 5.74) is 2.76. The lowest BCUT2D eigenvalue weighted by Gasteiger charge is -2.33. The van der Waals surface area contributed by atoms with Gasteiger partial charge in [-0.2, -0.15) is 5.10 Å². The highest BCUT2D eigenvalue weighted by Crippen LogP contribution is 2.30. The molecule has 2 N–H and O–H groups in total. The molecule has 0 spiro atoms. The topological polar surface area (TPSA) is 73.7 Å². The first-order chi connectivity index (χ1) is 11.8. The molecule has 1 unspecified atom stereocenters. The van der Waals surface area contributed by atoms with Crippen molar-refractivity contribution < 1.29 is 14.2 Å². The van der Waals surface area contributed by atoms with E-state index in [9.17, 15) is 9.50 Å². The van der Waals surface area contributed by atoms with Crippen molar-refractivity contribution in [3.05, 3.63) is 35.3 Å². The number of aliphatic hydroxyl groups is 1. The third-order valence-corrected chi connectivity index (χ3v) is 4.61. The lowest BCUT2D eigenvalue weighted by Crippen LogP contribution is -2.43. The molecule has 4 rings (SSSR count). The monoisotopic (exact) mass is 330 g/mol. The van der Waals surface area contributed by atoms with E-state index >= 15 is 0 Å². The molecule has 6 nitrogen and oxygen atoms in total. The first kappa shape index (κ1) is 15.4. The predicted molar refractivity (Wildman–Crippen MR) is 89.2 cm³/mol. The number of nitrogens with one attached hydrogen (secondary N) is 1. The van der Waals surface area contributed by atoms with Gasteiger partial charge >= 0.3 is 0 Å². The van der Waals surface area contributed by atoms with Gasteiger partial charge in [0.1, 0.15) is 12.0 Å². The number of nitrogens with zero attached hydrogens (tertiary/aromatic N) is 3. The molecular weight excluding hydrogens is 311 g/mol. The summed E-state index contributed by atoms with van der Waals surface area (Å²) < 4.78 is 19.2. The van der Waals surface area contributed by atoms with Crippen molar-refractivity contribution in [3.8, 4) is 0 Å². The van der Waals surface area contributed by atoms with Crippen LogP contribution in [0.4, 0.5) is 4.39 Å². The molecule has 0 aliphatic carbocycles. The SMILES string of the molecule is OCc1cc2c(C3=CC=NC(N4CCOCC4)C3)n[nH]c2cc1F. The van der Waals surface area contributed by atoms with Crippen LogP contribution in [0.5, 0.6) is 0 Å². The standard InChI is InChI=1S/C17H19FN4O2/c18-14-9-15-13(7-12(14)10-23)17(21-20-15)11-1-2-19-16(8-11)22-3-5-24-6-4-22/h1-2,7,9,16,23H,3-6,8,10H2,(H,20,21). The molecule has 126 valence electrons. The van der Waals surface area contributed by atoms with E-state index in [0.29, 0.717) is 5.52 Å². The van der Waals surface area contributed by atoms with E-state index in [0.717, 1.165) is 49.4 Å². The van der Waals surface area contributed by atoms with Gasteiger partial charge in [-0.15, -0.1) is 0 Å². The molecule has 0 radical (unpaired) electrons.